The highest BCUT2D eigenvalue weighted by Gasteiger charge is 2.54. The zero-order valence-corrected chi connectivity index (χ0v) is 27.1. The number of hydrogen-bond acceptors (Lipinski definition) is 8. The molecular formula is C31H24F9N9O4. The summed E-state index contributed by atoms with van der Waals surface area (Å²) in [5.41, 5.74) is 0.0975. The molecule has 0 radical (unpaired) electrons. The van der Waals surface area contributed by atoms with E-state index >= 15 is 0 Å². The number of anilines is 1. The summed E-state index contributed by atoms with van der Waals surface area (Å²) in [4.78, 5) is 54.9. The molecule has 4 heterocycles. The Kier molecular flexibility index (Phi) is 10.2. The SMILES string of the molecule is CN(C)Cc1nccn1-c1ccc(N2CCc3c(C(F)(F)F)nn(-c4cccc(-c5n[nH]c(=O)[nH]5)c4)c3C2=O)cc1.O=C(C(=O)C(F)(F)F)C(F)(F)F. The number of carbonyl (C=O) groups is 3. The van der Waals surface area contributed by atoms with Gasteiger partial charge in [-0.2, -0.15) is 49.7 Å². The predicted octanol–water partition coefficient (Wildman–Crippen LogP) is 4.67. The van der Waals surface area contributed by atoms with E-state index in [1.165, 1.54) is 11.0 Å². The molecule has 3 aromatic heterocycles. The minimum Gasteiger partial charge on any atom is -0.307 e. The van der Waals surface area contributed by atoms with E-state index in [1.54, 1.807) is 36.5 Å². The fourth-order valence-corrected chi connectivity index (χ4v) is 5.23. The standard InChI is InChI=1S/C27H24F3N9O2.C4F6O2/c1-36(2)15-21-31-11-13-37(21)17-6-8-18(9-7-17)38-12-10-20-22(25(38)40)39(35-23(20)27(28,29)30)19-5-3-4-16(14-19)24-32-26(41)34-33-24;5-3(6,7)1(11)2(12)4(8,9)10/h3-9,11,13-14H,10,12,15H2,1-2H3,(H2,32,33,34,41);. The Balaban J connectivity index is 0.000000390. The monoisotopic (exact) mass is 757 g/mol. The van der Waals surface area contributed by atoms with Crippen molar-refractivity contribution in [3.05, 3.63) is 94.2 Å². The molecule has 0 spiro atoms. The third-order valence-corrected chi connectivity index (χ3v) is 7.49. The molecule has 2 aromatic carbocycles. The number of ketones is 2. The molecular weight excluding hydrogens is 733 g/mol. The van der Waals surface area contributed by atoms with E-state index in [-0.39, 0.29) is 35.7 Å². The maximum atomic E-state index is 14.0. The molecule has 22 heteroatoms. The van der Waals surface area contributed by atoms with Gasteiger partial charge in [-0.3, -0.25) is 19.4 Å². The molecule has 0 aliphatic carbocycles. The Bertz CT molecular complexity index is 2190. The zero-order valence-electron chi connectivity index (χ0n) is 27.1. The first-order chi connectivity index (χ1) is 24.7. The summed E-state index contributed by atoms with van der Waals surface area (Å²) in [6.45, 7) is 0.691. The van der Waals surface area contributed by atoms with Crippen LogP contribution in [0.1, 0.15) is 27.6 Å². The van der Waals surface area contributed by atoms with E-state index in [0.717, 1.165) is 16.2 Å². The van der Waals surface area contributed by atoms with Crippen LogP contribution in [0.4, 0.5) is 45.2 Å². The van der Waals surface area contributed by atoms with Crippen LogP contribution in [0.5, 0.6) is 0 Å². The molecule has 0 unspecified atom stereocenters. The molecule has 13 nitrogen and oxygen atoms in total. The molecule has 1 aliphatic rings. The van der Waals surface area contributed by atoms with Gasteiger partial charge in [-0.05, 0) is 56.9 Å². The number of H-pyrrole nitrogens is 2. The number of Topliss-reactive ketones (excluding diaryl/α,β-unsaturated/α-hetero) is 2. The number of benzene rings is 2. The Hall–Kier alpha value is -6.06. The van der Waals surface area contributed by atoms with Gasteiger partial charge in [0.25, 0.3) is 5.91 Å². The topological polar surface area (TPSA) is 155 Å². The third-order valence-electron chi connectivity index (χ3n) is 7.49. The zero-order chi connectivity index (χ0) is 39.0. The van der Waals surface area contributed by atoms with Crippen LogP contribution in [0.15, 0.2) is 65.7 Å². The normalized spacial score (nSPS) is 13.5. The van der Waals surface area contributed by atoms with Gasteiger partial charge < -0.3 is 14.4 Å². The first-order valence-corrected chi connectivity index (χ1v) is 14.9. The van der Waals surface area contributed by atoms with Crippen molar-refractivity contribution in [3.63, 3.8) is 0 Å². The van der Waals surface area contributed by atoms with Gasteiger partial charge in [-0.25, -0.2) is 19.6 Å². The number of fused-ring (bicyclic) bond motifs is 1. The van der Waals surface area contributed by atoms with Crippen molar-refractivity contribution < 1.29 is 53.9 Å². The Labute approximate surface area is 290 Å². The molecule has 5 aromatic rings. The second-order valence-electron chi connectivity index (χ2n) is 11.5. The average Bonchev–Trinajstić information content (AvgIpc) is 3.82. The van der Waals surface area contributed by atoms with E-state index in [1.807, 2.05) is 41.9 Å². The third kappa shape index (κ3) is 8.21. The van der Waals surface area contributed by atoms with Gasteiger partial charge in [-0.1, -0.05) is 12.1 Å². The summed E-state index contributed by atoms with van der Waals surface area (Å²) >= 11 is 0. The van der Waals surface area contributed by atoms with Crippen LogP contribution in [0.2, 0.25) is 0 Å². The molecule has 0 saturated carbocycles. The summed E-state index contributed by atoms with van der Waals surface area (Å²) in [6.07, 6.45) is -12.8. The fourth-order valence-electron chi connectivity index (χ4n) is 5.23. The van der Waals surface area contributed by atoms with Crippen LogP contribution < -0.4 is 10.6 Å². The Morgan fingerprint density at radius 1 is 0.868 bits per heavy atom. The van der Waals surface area contributed by atoms with Gasteiger partial charge in [0.1, 0.15) is 11.5 Å². The summed E-state index contributed by atoms with van der Waals surface area (Å²) in [5, 5.41) is 10.00. The first-order valence-electron chi connectivity index (χ1n) is 14.9. The molecule has 0 saturated heterocycles. The molecule has 280 valence electrons. The van der Waals surface area contributed by atoms with E-state index in [9.17, 15) is 58.7 Å². The number of aromatic amines is 2. The minimum atomic E-state index is -5.77. The van der Waals surface area contributed by atoms with Crippen LogP contribution in [-0.2, 0) is 28.7 Å². The van der Waals surface area contributed by atoms with E-state index in [0.29, 0.717) is 17.8 Å². The number of nitrogens with one attached hydrogen (secondary N) is 2. The molecule has 0 bridgehead atoms. The summed E-state index contributed by atoms with van der Waals surface area (Å²) in [7, 11) is 3.89. The van der Waals surface area contributed by atoms with Gasteiger partial charge in [-0.15, -0.1) is 0 Å². The highest BCUT2D eigenvalue weighted by atomic mass is 19.4. The average molecular weight is 758 g/mol. The molecule has 1 amide bonds. The van der Waals surface area contributed by atoms with Gasteiger partial charge in [0.05, 0.1) is 12.2 Å². The van der Waals surface area contributed by atoms with Crippen molar-refractivity contribution in [1.82, 2.24) is 39.4 Å². The van der Waals surface area contributed by atoms with Gasteiger partial charge >= 0.3 is 35.8 Å². The van der Waals surface area contributed by atoms with Crippen molar-refractivity contribution in [1.29, 1.82) is 0 Å². The molecule has 6 rings (SSSR count). The number of carbonyl (C=O) groups excluding carboxylic acids is 3. The summed E-state index contributed by atoms with van der Waals surface area (Å²) in [5.74, 6) is -6.37. The van der Waals surface area contributed by atoms with Crippen molar-refractivity contribution in [3.8, 4) is 22.8 Å². The molecule has 2 N–H and O–H groups in total. The van der Waals surface area contributed by atoms with E-state index in [4.69, 9.17) is 0 Å². The Morgan fingerprint density at radius 2 is 1.49 bits per heavy atom. The second-order valence-corrected chi connectivity index (χ2v) is 11.5. The van der Waals surface area contributed by atoms with Crippen LogP contribution in [0.25, 0.3) is 22.8 Å². The van der Waals surface area contributed by atoms with Crippen LogP contribution in [0.3, 0.4) is 0 Å². The largest absolute Gasteiger partial charge is 0.458 e. The smallest absolute Gasteiger partial charge is 0.307 e. The maximum Gasteiger partial charge on any atom is 0.458 e. The number of alkyl halides is 9. The fraction of sp³-hybridized carbons (Fsp3) is 0.258. The van der Waals surface area contributed by atoms with Crippen LogP contribution in [-0.4, -0.2) is 89.9 Å². The lowest BCUT2D eigenvalue weighted by Crippen LogP contribution is -2.39. The van der Waals surface area contributed by atoms with Crippen molar-refractivity contribution in [2.45, 2.75) is 31.5 Å². The van der Waals surface area contributed by atoms with Crippen molar-refractivity contribution in [2.24, 2.45) is 0 Å². The van der Waals surface area contributed by atoms with Crippen LogP contribution in [0, 0.1) is 0 Å². The highest BCUT2D eigenvalue weighted by Crippen LogP contribution is 2.37. The van der Waals surface area contributed by atoms with Gasteiger partial charge in [0.15, 0.2) is 11.5 Å². The molecule has 53 heavy (non-hydrogen) atoms. The minimum absolute atomic E-state index is 0.0292. The number of halogens is 9. The predicted molar refractivity (Wildman–Crippen MR) is 165 cm³/mol. The highest BCUT2D eigenvalue weighted by molar-refractivity contribution is 6.41. The Morgan fingerprint density at radius 3 is 2.04 bits per heavy atom. The number of rotatable bonds is 7. The molecule has 0 fully saturated rings. The second kappa shape index (κ2) is 14.2. The molecule has 0 atom stereocenters. The number of aromatic nitrogens is 7. The first kappa shape index (κ1) is 38.2. The van der Waals surface area contributed by atoms with Crippen molar-refractivity contribution >= 4 is 23.2 Å². The van der Waals surface area contributed by atoms with Gasteiger partial charge in [0.2, 0.25) is 0 Å². The molecule has 1 aliphatic heterocycles. The quantitative estimate of drug-likeness (QED) is 0.180. The lowest BCUT2D eigenvalue weighted by Gasteiger charge is -2.28. The van der Waals surface area contributed by atoms with Crippen molar-refractivity contribution in [2.75, 3.05) is 25.5 Å². The van der Waals surface area contributed by atoms with Crippen LogP contribution >= 0.6 is 0 Å². The number of nitrogens with zero attached hydrogens (tertiary/aromatic N) is 7. The maximum absolute atomic E-state index is 14.0. The summed E-state index contributed by atoms with van der Waals surface area (Å²) in [6, 6.07) is 13.5. The lowest BCUT2D eigenvalue weighted by molar-refractivity contribution is -0.193. The lowest BCUT2D eigenvalue weighted by atomic mass is 10.0. The summed E-state index contributed by atoms with van der Waals surface area (Å²) < 4.78 is 112. The van der Waals surface area contributed by atoms with E-state index < -0.39 is 47.4 Å². The number of hydrogen-bond donors (Lipinski definition) is 2. The van der Waals surface area contributed by atoms with E-state index in [2.05, 4.69) is 25.3 Å². The van der Waals surface area contributed by atoms with Gasteiger partial charge in [0, 0.05) is 41.4 Å². The number of imidazole rings is 1. The number of amides is 1.